The van der Waals surface area contributed by atoms with Gasteiger partial charge in [0.2, 0.25) is 0 Å². The predicted molar refractivity (Wildman–Crippen MR) is 78.5 cm³/mol. The zero-order valence-electron chi connectivity index (χ0n) is 11.2. The van der Waals surface area contributed by atoms with Crippen molar-refractivity contribution in [2.75, 3.05) is 24.6 Å². The third-order valence-electron chi connectivity index (χ3n) is 3.62. The Morgan fingerprint density at radius 2 is 1.89 bits per heavy atom. The summed E-state index contributed by atoms with van der Waals surface area (Å²) >= 11 is 1.98. The summed E-state index contributed by atoms with van der Waals surface area (Å²) in [5, 5.41) is 0. The number of nitrogens with zero attached hydrogens (tertiary/aromatic N) is 1. The average molecular weight is 263 g/mol. The van der Waals surface area contributed by atoms with Crippen LogP contribution >= 0.6 is 11.8 Å². The van der Waals surface area contributed by atoms with E-state index in [4.69, 9.17) is 0 Å². The molecule has 0 amide bonds. The van der Waals surface area contributed by atoms with Crippen molar-refractivity contribution >= 4 is 17.5 Å². The molecule has 0 bridgehead atoms. The minimum Gasteiger partial charge on any atom is -0.292 e. The first-order valence-electron chi connectivity index (χ1n) is 6.67. The van der Waals surface area contributed by atoms with E-state index in [0.717, 1.165) is 36.6 Å². The van der Waals surface area contributed by atoms with Crippen LogP contribution in [0.25, 0.3) is 0 Å². The third-order valence-corrected chi connectivity index (χ3v) is 4.56. The maximum Gasteiger partial charge on any atom is 0.179 e. The first-order chi connectivity index (χ1) is 8.72. The van der Waals surface area contributed by atoms with E-state index in [1.54, 1.807) is 0 Å². The molecule has 98 valence electrons. The van der Waals surface area contributed by atoms with Gasteiger partial charge in [0.15, 0.2) is 5.78 Å². The Balaban J connectivity index is 2.04. The Labute approximate surface area is 114 Å². The van der Waals surface area contributed by atoms with Crippen LogP contribution in [-0.4, -0.2) is 41.3 Å². The van der Waals surface area contributed by atoms with E-state index in [2.05, 4.69) is 24.0 Å². The summed E-state index contributed by atoms with van der Waals surface area (Å²) in [5.74, 6) is 2.54. The molecule has 0 aliphatic carbocycles. The van der Waals surface area contributed by atoms with Gasteiger partial charge in [-0.15, -0.1) is 0 Å². The number of Topliss-reactive ketones (excluding diaryl/α,β-unsaturated/α-hetero) is 1. The monoisotopic (exact) mass is 263 g/mol. The average Bonchev–Trinajstić information content (AvgIpc) is 2.47. The molecule has 1 heterocycles. The van der Waals surface area contributed by atoms with Crippen LogP contribution in [0.15, 0.2) is 24.3 Å². The third kappa shape index (κ3) is 3.15. The Morgan fingerprint density at radius 3 is 2.44 bits per heavy atom. The van der Waals surface area contributed by atoms with Crippen molar-refractivity contribution in [3.05, 3.63) is 35.4 Å². The maximum atomic E-state index is 12.4. The summed E-state index contributed by atoms with van der Waals surface area (Å²) in [6.45, 7) is 6.23. The van der Waals surface area contributed by atoms with Crippen LogP contribution in [0, 0.1) is 0 Å². The van der Waals surface area contributed by atoms with Crippen LogP contribution < -0.4 is 0 Å². The molecule has 2 nitrogen and oxygen atoms in total. The first-order valence-corrected chi connectivity index (χ1v) is 7.82. The zero-order chi connectivity index (χ0) is 13.0. The highest BCUT2D eigenvalue weighted by Crippen LogP contribution is 2.16. The van der Waals surface area contributed by atoms with Gasteiger partial charge in [0, 0.05) is 30.2 Å². The van der Waals surface area contributed by atoms with Gasteiger partial charge < -0.3 is 0 Å². The molecule has 0 spiro atoms. The highest BCUT2D eigenvalue weighted by Gasteiger charge is 2.23. The molecule has 0 radical (unpaired) electrons. The fourth-order valence-electron chi connectivity index (χ4n) is 2.28. The van der Waals surface area contributed by atoms with E-state index in [-0.39, 0.29) is 11.8 Å². The molecule has 2 rings (SSSR count). The van der Waals surface area contributed by atoms with Crippen LogP contribution in [0.2, 0.25) is 0 Å². The summed E-state index contributed by atoms with van der Waals surface area (Å²) in [5.41, 5.74) is 2.13. The van der Waals surface area contributed by atoms with Gasteiger partial charge in [0.25, 0.3) is 0 Å². The molecule has 1 aromatic rings. The standard InChI is InChI=1S/C15H21NOS/c1-3-13-4-6-14(7-5-13)15(17)12(2)16-8-10-18-11-9-16/h4-7,12H,3,8-11H2,1-2H3. The molecule has 1 aliphatic heterocycles. The summed E-state index contributed by atoms with van der Waals surface area (Å²) < 4.78 is 0. The van der Waals surface area contributed by atoms with Crippen molar-refractivity contribution < 1.29 is 4.79 Å². The van der Waals surface area contributed by atoms with Gasteiger partial charge in [-0.05, 0) is 18.9 Å². The molecule has 1 unspecified atom stereocenters. The lowest BCUT2D eigenvalue weighted by molar-refractivity contribution is 0.0851. The number of carbonyl (C=O) groups excluding carboxylic acids is 1. The quantitative estimate of drug-likeness (QED) is 0.779. The van der Waals surface area contributed by atoms with Crippen LogP contribution in [0.4, 0.5) is 0 Å². The number of aryl methyl sites for hydroxylation is 1. The number of hydrogen-bond donors (Lipinski definition) is 0. The van der Waals surface area contributed by atoms with Crippen molar-refractivity contribution in [3.8, 4) is 0 Å². The van der Waals surface area contributed by atoms with Gasteiger partial charge in [-0.2, -0.15) is 11.8 Å². The number of hydrogen-bond acceptors (Lipinski definition) is 3. The van der Waals surface area contributed by atoms with E-state index in [1.165, 1.54) is 5.56 Å². The Morgan fingerprint density at radius 1 is 1.28 bits per heavy atom. The van der Waals surface area contributed by atoms with E-state index < -0.39 is 0 Å². The summed E-state index contributed by atoms with van der Waals surface area (Å²) in [7, 11) is 0. The summed E-state index contributed by atoms with van der Waals surface area (Å²) in [6, 6.07) is 8.07. The molecule has 1 saturated heterocycles. The molecule has 1 atom stereocenters. The molecule has 0 N–H and O–H groups in total. The SMILES string of the molecule is CCc1ccc(C(=O)C(C)N2CCSCC2)cc1. The smallest absolute Gasteiger partial charge is 0.179 e. The topological polar surface area (TPSA) is 20.3 Å². The van der Waals surface area contributed by atoms with Gasteiger partial charge in [-0.3, -0.25) is 9.69 Å². The number of thioether (sulfide) groups is 1. The maximum absolute atomic E-state index is 12.4. The molecular formula is C15H21NOS. The first kappa shape index (κ1) is 13.6. The predicted octanol–water partition coefficient (Wildman–Crippen LogP) is 2.87. The fourth-order valence-corrected chi connectivity index (χ4v) is 3.21. The van der Waals surface area contributed by atoms with E-state index >= 15 is 0 Å². The molecule has 1 fully saturated rings. The second-order valence-electron chi connectivity index (χ2n) is 4.74. The minimum atomic E-state index is 0.0124. The van der Waals surface area contributed by atoms with Crippen molar-refractivity contribution in [2.45, 2.75) is 26.3 Å². The van der Waals surface area contributed by atoms with E-state index in [1.807, 2.05) is 30.8 Å². The lowest BCUT2D eigenvalue weighted by Crippen LogP contribution is -2.43. The van der Waals surface area contributed by atoms with Gasteiger partial charge in [0.1, 0.15) is 0 Å². The highest BCUT2D eigenvalue weighted by molar-refractivity contribution is 7.99. The Bertz CT molecular complexity index is 395. The summed E-state index contributed by atoms with van der Waals surface area (Å²) in [6.07, 6.45) is 1.02. The molecule has 1 aromatic carbocycles. The van der Waals surface area contributed by atoms with Gasteiger partial charge in [0.05, 0.1) is 6.04 Å². The van der Waals surface area contributed by atoms with Crippen LogP contribution in [0.5, 0.6) is 0 Å². The molecule has 1 aliphatic rings. The van der Waals surface area contributed by atoms with Crippen LogP contribution in [0.3, 0.4) is 0 Å². The lowest BCUT2D eigenvalue weighted by Gasteiger charge is -2.31. The van der Waals surface area contributed by atoms with Gasteiger partial charge >= 0.3 is 0 Å². The highest BCUT2D eigenvalue weighted by atomic mass is 32.2. The second kappa shape index (κ2) is 6.39. The van der Waals surface area contributed by atoms with E-state index in [0.29, 0.717) is 0 Å². The molecule has 0 aromatic heterocycles. The lowest BCUT2D eigenvalue weighted by atomic mass is 10.0. The minimum absolute atomic E-state index is 0.0124. The number of rotatable bonds is 4. The molecule has 18 heavy (non-hydrogen) atoms. The Kier molecular flexibility index (Phi) is 4.84. The number of benzene rings is 1. The number of carbonyl (C=O) groups is 1. The van der Waals surface area contributed by atoms with Gasteiger partial charge in [-0.1, -0.05) is 31.2 Å². The molecular weight excluding hydrogens is 242 g/mol. The van der Waals surface area contributed by atoms with Crippen LogP contribution in [0.1, 0.15) is 29.8 Å². The van der Waals surface area contributed by atoms with Crippen molar-refractivity contribution in [2.24, 2.45) is 0 Å². The Hall–Kier alpha value is -0.800. The van der Waals surface area contributed by atoms with Crippen LogP contribution in [-0.2, 0) is 6.42 Å². The second-order valence-corrected chi connectivity index (χ2v) is 5.96. The zero-order valence-corrected chi connectivity index (χ0v) is 12.0. The fraction of sp³-hybridized carbons (Fsp3) is 0.533. The molecule has 0 saturated carbocycles. The van der Waals surface area contributed by atoms with Gasteiger partial charge in [-0.25, -0.2) is 0 Å². The van der Waals surface area contributed by atoms with E-state index in [9.17, 15) is 4.79 Å². The number of ketones is 1. The van der Waals surface area contributed by atoms with Crippen molar-refractivity contribution in [1.82, 2.24) is 4.90 Å². The normalized spacial score (nSPS) is 18.6. The van der Waals surface area contributed by atoms with Crippen molar-refractivity contribution in [1.29, 1.82) is 0 Å². The van der Waals surface area contributed by atoms with Crippen molar-refractivity contribution in [3.63, 3.8) is 0 Å². The molecule has 3 heteroatoms. The largest absolute Gasteiger partial charge is 0.292 e. The summed E-state index contributed by atoms with van der Waals surface area (Å²) in [4.78, 5) is 14.7.